The summed E-state index contributed by atoms with van der Waals surface area (Å²) in [6, 6.07) is 0. The van der Waals surface area contributed by atoms with Crippen molar-refractivity contribution in [2.24, 2.45) is 0 Å². The molecule has 0 aromatic heterocycles. The first-order chi connectivity index (χ1) is 35.0. The lowest BCUT2D eigenvalue weighted by molar-refractivity contribution is -0.167. The van der Waals surface area contributed by atoms with Gasteiger partial charge in [0.25, 0.3) is 0 Å². The zero-order valence-electron chi connectivity index (χ0n) is 45.9. The molecule has 0 N–H and O–H groups in total. The molecular formula is C65H106O6. The fourth-order valence-electron chi connectivity index (χ4n) is 7.67. The maximum atomic E-state index is 12.8. The second kappa shape index (κ2) is 58.4. The average molecular weight is 984 g/mol. The lowest BCUT2D eigenvalue weighted by Gasteiger charge is -2.18. The van der Waals surface area contributed by atoms with E-state index >= 15 is 0 Å². The van der Waals surface area contributed by atoms with Crippen molar-refractivity contribution in [1.29, 1.82) is 0 Å². The smallest absolute Gasteiger partial charge is 0.306 e. The van der Waals surface area contributed by atoms with Crippen molar-refractivity contribution >= 4 is 17.9 Å². The van der Waals surface area contributed by atoms with Crippen LogP contribution in [0.15, 0.2) is 122 Å². The summed E-state index contributed by atoms with van der Waals surface area (Å²) < 4.78 is 16.8. The van der Waals surface area contributed by atoms with Crippen LogP contribution in [0.1, 0.15) is 252 Å². The van der Waals surface area contributed by atoms with Crippen LogP contribution in [0.4, 0.5) is 0 Å². The molecule has 1 unspecified atom stereocenters. The van der Waals surface area contributed by atoms with Gasteiger partial charge in [0.15, 0.2) is 6.10 Å². The Balaban J connectivity index is 4.44. The molecule has 0 rings (SSSR count). The van der Waals surface area contributed by atoms with Crippen molar-refractivity contribution < 1.29 is 28.6 Å². The maximum Gasteiger partial charge on any atom is 0.306 e. The van der Waals surface area contributed by atoms with E-state index in [2.05, 4.69) is 142 Å². The van der Waals surface area contributed by atoms with Crippen LogP contribution in [-0.4, -0.2) is 37.2 Å². The first kappa shape index (κ1) is 66.8. The van der Waals surface area contributed by atoms with Crippen molar-refractivity contribution in [2.45, 2.75) is 258 Å². The number of rotatable bonds is 51. The molecule has 0 saturated heterocycles. The molecule has 0 saturated carbocycles. The van der Waals surface area contributed by atoms with Crippen LogP contribution in [0.3, 0.4) is 0 Å². The highest BCUT2D eigenvalue weighted by Gasteiger charge is 2.19. The molecule has 0 aliphatic rings. The number of carbonyl (C=O) groups excluding carboxylic acids is 3. The fraction of sp³-hybridized carbons (Fsp3) is 0.646. The van der Waals surface area contributed by atoms with Gasteiger partial charge >= 0.3 is 17.9 Å². The molecule has 71 heavy (non-hydrogen) atoms. The molecule has 6 nitrogen and oxygen atoms in total. The molecule has 0 amide bonds. The minimum atomic E-state index is -0.806. The summed E-state index contributed by atoms with van der Waals surface area (Å²) in [6.07, 6.45) is 80.5. The summed E-state index contributed by atoms with van der Waals surface area (Å²) in [6.45, 7) is 6.36. The van der Waals surface area contributed by atoms with E-state index in [0.717, 1.165) is 135 Å². The Kier molecular flexibility index (Phi) is 54.9. The molecular weight excluding hydrogens is 877 g/mol. The van der Waals surface area contributed by atoms with Crippen LogP contribution in [0.5, 0.6) is 0 Å². The molecule has 0 heterocycles. The van der Waals surface area contributed by atoms with E-state index in [4.69, 9.17) is 14.2 Å². The minimum Gasteiger partial charge on any atom is -0.462 e. The third-order valence-corrected chi connectivity index (χ3v) is 12.0. The molecule has 0 fully saturated rings. The topological polar surface area (TPSA) is 78.9 Å². The summed E-state index contributed by atoms with van der Waals surface area (Å²) in [5.41, 5.74) is 0. The number of hydrogen-bond donors (Lipinski definition) is 0. The first-order valence-corrected chi connectivity index (χ1v) is 29.0. The highest BCUT2D eigenvalue weighted by atomic mass is 16.6. The van der Waals surface area contributed by atoms with E-state index in [9.17, 15) is 14.4 Å². The number of unbranched alkanes of at least 4 members (excludes halogenated alkanes) is 20. The van der Waals surface area contributed by atoms with Gasteiger partial charge in [-0.05, 0) is 109 Å². The Morgan fingerprint density at radius 1 is 0.296 bits per heavy atom. The Bertz CT molecular complexity index is 1500. The zero-order valence-corrected chi connectivity index (χ0v) is 45.9. The predicted molar refractivity (Wildman–Crippen MR) is 306 cm³/mol. The normalized spacial score (nSPS) is 13.0. The van der Waals surface area contributed by atoms with E-state index < -0.39 is 6.10 Å². The van der Waals surface area contributed by atoms with Gasteiger partial charge in [0, 0.05) is 19.3 Å². The van der Waals surface area contributed by atoms with Crippen LogP contribution in [0, 0.1) is 0 Å². The van der Waals surface area contributed by atoms with Crippen LogP contribution in [-0.2, 0) is 28.6 Å². The summed E-state index contributed by atoms with van der Waals surface area (Å²) in [7, 11) is 0. The van der Waals surface area contributed by atoms with Crippen molar-refractivity contribution in [3.63, 3.8) is 0 Å². The summed E-state index contributed by atoms with van der Waals surface area (Å²) >= 11 is 0. The average Bonchev–Trinajstić information content (AvgIpc) is 3.37. The number of ether oxygens (including phenoxy) is 3. The first-order valence-electron chi connectivity index (χ1n) is 29.0. The van der Waals surface area contributed by atoms with Gasteiger partial charge in [0.05, 0.1) is 0 Å². The monoisotopic (exact) mass is 983 g/mol. The van der Waals surface area contributed by atoms with Crippen molar-refractivity contribution in [1.82, 2.24) is 0 Å². The van der Waals surface area contributed by atoms with E-state index in [0.29, 0.717) is 19.3 Å². The third-order valence-electron chi connectivity index (χ3n) is 12.0. The summed E-state index contributed by atoms with van der Waals surface area (Å²) in [5.74, 6) is -0.964. The summed E-state index contributed by atoms with van der Waals surface area (Å²) in [5, 5.41) is 0. The van der Waals surface area contributed by atoms with E-state index in [1.165, 1.54) is 77.0 Å². The van der Waals surface area contributed by atoms with Crippen molar-refractivity contribution in [2.75, 3.05) is 13.2 Å². The lowest BCUT2D eigenvalue weighted by atomic mass is 10.0. The fourth-order valence-corrected chi connectivity index (χ4v) is 7.67. The Hall–Kier alpha value is -4.19. The van der Waals surface area contributed by atoms with Crippen LogP contribution in [0.25, 0.3) is 0 Å². The number of hydrogen-bond acceptors (Lipinski definition) is 6. The standard InChI is InChI=1S/C65H106O6/c1-4-7-10-13-16-19-22-25-27-28-29-30-31-32-33-34-35-36-38-40-43-46-49-52-55-58-64(67)70-61-62(60-69-63(66)57-54-51-48-45-42-39-24-21-18-15-12-9-6-3)71-65(68)59-56-53-50-47-44-41-37-26-23-20-17-14-11-8-5-2/h7,9-10,12,16,18-19,21,25,27,29-30,32-33,35-36,39-40,42-43,62H,4-6,8,11,13-15,17,20,22-24,26,28,31,34,37-38,41,44-61H2,1-3H3/b10-7-,12-9-,19-16-,21-18-,27-25-,30-29-,33-32-,36-35-,42-39-,43-40-. The van der Waals surface area contributed by atoms with Gasteiger partial charge in [-0.25, -0.2) is 0 Å². The molecule has 0 aromatic carbocycles. The molecule has 0 aliphatic heterocycles. The van der Waals surface area contributed by atoms with Crippen LogP contribution >= 0.6 is 0 Å². The predicted octanol–water partition coefficient (Wildman–Crippen LogP) is 19.6. The van der Waals surface area contributed by atoms with E-state index in [-0.39, 0.29) is 31.1 Å². The molecule has 402 valence electrons. The van der Waals surface area contributed by atoms with Gasteiger partial charge in [-0.3, -0.25) is 14.4 Å². The maximum absolute atomic E-state index is 12.8. The van der Waals surface area contributed by atoms with E-state index in [1.807, 2.05) is 0 Å². The van der Waals surface area contributed by atoms with Gasteiger partial charge in [0.1, 0.15) is 13.2 Å². The second-order valence-corrected chi connectivity index (χ2v) is 18.8. The third kappa shape index (κ3) is 56.6. The minimum absolute atomic E-state index is 0.105. The van der Waals surface area contributed by atoms with Crippen molar-refractivity contribution in [3.8, 4) is 0 Å². The van der Waals surface area contributed by atoms with Crippen LogP contribution < -0.4 is 0 Å². The van der Waals surface area contributed by atoms with Gasteiger partial charge < -0.3 is 14.2 Å². The Labute approximate surface area is 437 Å². The largest absolute Gasteiger partial charge is 0.462 e. The van der Waals surface area contributed by atoms with Gasteiger partial charge in [0.2, 0.25) is 0 Å². The van der Waals surface area contributed by atoms with Crippen molar-refractivity contribution in [3.05, 3.63) is 122 Å². The van der Waals surface area contributed by atoms with Gasteiger partial charge in [-0.2, -0.15) is 0 Å². The lowest BCUT2D eigenvalue weighted by Crippen LogP contribution is -2.30. The Morgan fingerprint density at radius 2 is 0.549 bits per heavy atom. The van der Waals surface area contributed by atoms with Crippen LogP contribution in [0.2, 0.25) is 0 Å². The van der Waals surface area contributed by atoms with Gasteiger partial charge in [-0.15, -0.1) is 0 Å². The number of esters is 3. The molecule has 0 radical (unpaired) electrons. The molecule has 0 aliphatic carbocycles. The highest BCUT2D eigenvalue weighted by molar-refractivity contribution is 5.71. The van der Waals surface area contributed by atoms with E-state index in [1.54, 1.807) is 0 Å². The Morgan fingerprint density at radius 3 is 0.859 bits per heavy atom. The molecule has 0 bridgehead atoms. The highest BCUT2D eigenvalue weighted by Crippen LogP contribution is 2.15. The molecule has 0 aromatic rings. The summed E-state index contributed by atoms with van der Waals surface area (Å²) in [4.78, 5) is 38.1. The quantitative estimate of drug-likeness (QED) is 0.0261. The molecule has 1 atom stereocenters. The SMILES string of the molecule is CC/C=C\C/C=C\C/C=C\C/C=C\C/C=C\C/C=C\C/C=C\CCCCCC(=O)OCC(COC(=O)CCCCC/C=C\C/C=C\C/C=C\CC)OC(=O)CCCCCCCCCCCCCCCCC. The zero-order chi connectivity index (χ0) is 51.4. The molecule has 0 spiro atoms. The number of allylic oxidation sites excluding steroid dienone is 20. The van der Waals surface area contributed by atoms with Gasteiger partial charge in [-0.1, -0.05) is 245 Å². The number of carbonyl (C=O) groups is 3. The second-order valence-electron chi connectivity index (χ2n) is 18.8. The molecule has 6 heteroatoms.